The van der Waals surface area contributed by atoms with Crippen molar-refractivity contribution in [2.24, 2.45) is 12.1 Å². The predicted octanol–water partition coefficient (Wildman–Crippen LogP) is 5.13. The second-order valence-corrected chi connectivity index (χ2v) is 11.1. The van der Waals surface area contributed by atoms with Crippen LogP contribution in [0, 0.1) is 5.82 Å². The molecule has 9 nitrogen and oxygen atoms in total. The lowest BCUT2D eigenvalue weighted by Gasteiger charge is -2.22. The molecule has 5 rings (SSSR count). The number of nitrogens with zero attached hydrogens (tertiary/aromatic N) is 5. The van der Waals surface area contributed by atoms with E-state index >= 15 is 0 Å². The first-order chi connectivity index (χ1) is 19.8. The van der Waals surface area contributed by atoms with Gasteiger partial charge >= 0.3 is 0 Å². The van der Waals surface area contributed by atoms with Crippen LogP contribution < -0.4 is 10.1 Å². The van der Waals surface area contributed by atoms with Gasteiger partial charge < -0.3 is 14.6 Å². The Hall–Kier alpha value is -4.03. The Balaban J connectivity index is 1.27. The van der Waals surface area contributed by atoms with Crippen molar-refractivity contribution in [3.63, 3.8) is 0 Å². The van der Waals surface area contributed by atoms with Crippen LogP contribution in [0.4, 0.5) is 4.39 Å². The van der Waals surface area contributed by atoms with Crippen LogP contribution in [0.15, 0.2) is 87.5 Å². The van der Waals surface area contributed by atoms with Gasteiger partial charge in [0.05, 0.1) is 36.7 Å². The molecular formula is C29H26BrFN6O3S. The van der Waals surface area contributed by atoms with Crippen LogP contribution in [-0.4, -0.2) is 50.2 Å². The molecule has 1 N–H and O–H groups in total. The number of halogens is 2. The highest BCUT2D eigenvalue weighted by molar-refractivity contribution is 9.10. The number of carbonyl (C=O) groups excluding carboxylic acids is 2. The largest absolute Gasteiger partial charge is 0.497 e. The van der Waals surface area contributed by atoms with Crippen LogP contribution in [0.3, 0.4) is 0 Å². The highest BCUT2D eigenvalue weighted by Gasteiger charge is 2.33. The molecule has 0 radical (unpaired) electrons. The van der Waals surface area contributed by atoms with E-state index in [2.05, 4.69) is 31.4 Å². The van der Waals surface area contributed by atoms with E-state index in [-0.39, 0.29) is 29.8 Å². The number of rotatable bonds is 9. The fourth-order valence-corrected chi connectivity index (χ4v) is 5.41. The zero-order chi connectivity index (χ0) is 28.9. The van der Waals surface area contributed by atoms with Gasteiger partial charge in [0.1, 0.15) is 11.6 Å². The predicted molar refractivity (Wildman–Crippen MR) is 157 cm³/mol. The standard InChI is InChI=1S/C29H26BrFN6O3S/c1-36-26(16-32-28(39)22-5-3-4-6-23(22)31)33-34-29(36)41-17-27(38)37-25(19-9-13-21(40-2)14-10-19)15-24(35-37)18-7-11-20(30)12-8-18/h3-14,25H,15-17H2,1-2H3,(H,32,39)/t25-/m0/s1. The van der Waals surface area contributed by atoms with Crippen LogP contribution in [0.1, 0.15) is 39.8 Å². The van der Waals surface area contributed by atoms with Crippen molar-refractivity contribution in [3.05, 3.63) is 106 Å². The fraction of sp³-hybridized carbons (Fsp3) is 0.207. The zero-order valence-corrected chi connectivity index (χ0v) is 24.7. The van der Waals surface area contributed by atoms with E-state index in [9.17, 15) is 14.0 Å². The van der Waals surface area contributed by atoms with Crippen LogP contribution in [0.2, 0.25) is 0 Å². The van der Waals surface area contributed by atoms with Crippen molar-refractivity contribution in [1.82, 2.24) is 25.1 Å². The second kappa shape index (κ2) is 12.6. The summed E-state index contributed by atoms with van der Waals surface area (Å²) >= 11 is 4.69. The van der Waals surface area contributed by atoms with Gasteiger partial charge in [-0.3, -0.25) is 9.59 Å². The summed E-state index contributed by atoms with van der Waals surface area (Å²) in [6.07, 6.45) is 0.570. The molecule has 12 heteroatoms. The Bertz CT molecular complexity index is 1590. The van der Waals surface area contributed by atoms with Gasteiger partial charge in [-0.1, -0.05) is 64.1 Å². The van der Waals surface area contributed by atoms with Crippen LogP contribution in [0.25, 0.3) is 0 Å². The van der Waals surface area contributed by atoms with Crippen molar-refractivity contribution < 1.29 is 18.7 Å². The SMILES string of the molecule is COc1ccc([C@@H]2CC(c3ccc(Br)cc3)=NN2C(=O)CSc2nnc(CNC(=O)c3ccccc3F)n2C)cc1. The van der Waals surface area contributed by atoms with E-state index in [4.69, 9.17) is 9.84 Å². The molecule has 0 saturated carbocycles. The summed E-state index contributed by atoms with van der Waals surface area (Å²) in [4.78, 5) is 25.9. The van der Waals surface area contributed by atoms with Crippen LogP contribution in [-0.2, 0) is 18.4 Å². The Morgan fingerprint density at radius 1 is 1.07 bits per heavy atom. The van der Waals surface area contributed by atoms with Gasteiger partial charge in [-0.25, -0.2) is 9.40 Å². The third-order valence-corrected chi connectivity index (χ3v) is 8.15. The number of benzene rings is 3. The van der Waals surface area contributed by atoms with E-state index in [1.807, 2.05) is 48.5 Å². The average molecular weight is 638 g/mol. The summed E-state index contributed by atoms with van der Waals surface area (Å²) in [6, 6.07) is 21.0. The second-order valence-electron chi connectivity index (χ2n) is 9.19. The van der Waals surface area contributed by atoms with E-state index < -0.39 is 11.7 Å². The maximum atomic E-state index is 13.9. The lowest BCUT2D eigenvalue weighted by Crippen LogP contribution is -2.28. The van der Waals surface area contributed by atoms with Gasteiger partial charge in [0.2, 0.25) is 0 Å². The molecule has 0 fully saturated rings. The molecule has 4 aromatic rings. The molecular weight excluding hydrogens is 611 g/mol. The van der Waals surface area contributed by atoms with E-state index in [1.165, 1.54) is 35.0 Å². The summed E-state index contributed by atoms with van der Waals surface area (Å²) < 4.78 is 21.9. The number of carbonyl (C=O) groups is 2. The van der Waals surface area contributed by atoms with Gasteiger partial charge in [0, 0.05) is 17.9 Å². The molecule has 0 unspecified atom stereocenters. The number of hydrazone groups is 1. The first kappa shape index (κ1) is 28.5. The first-order valence-corrected chi connectivity index (χ1v) is 14.4. The van der Waals surface area contributed by atoms with Crippen LogP contribution >= 0.6 is 27.7 Å². The van der Waals surface area contributed by atoms with Crippen molar-refractivity contribution in [2.45, 2.75) is 24.2 Å². The van der Waals surface area contributed by atoms with Crippen molar-refractivity contribution in [3.8, 4) is 5.75 Å². The molecule has 2 heterocycles. The summed E-state index contributed by atoms with van der Waals surface area (Å²) in [6.45, 7) is 0.0533. The highest BCUT2D eigenvalue weighted by Crippen LogP contribution is 2.34. The molecule has 1 aliphatic rings. The van der Waals surface area contributed by atoms with E-state index in [0.717, 1.165) is 27.1 Å². The summed E-state index contributed by atoms with van der Waals surface area (Å²) in [5.41, 5.74) is 2.68. The van der Waals surface area contributed by atoms with Gasteiger partial charge in [-0.2, -0.15) is 5.10 Å². The number of amides is 2. The molecule has 3 aromatic carbocycles. The van der Waals surface area contributed by atoms with E-state index in [1.54, 1.807) is 24.8 Å². The smallest absolute Gasteiger partial charge is 0.254 e. The molecule has 0 spiro atoms. The molecule has 210 valence electrons. The fourth-order valence-electron chi connectivity index (χ4n) is 4.36. The third kappa shape index (κ3) is 6.49. The molecule has 41 heavy (non-hydrogen) atoms. The number of hydrogen-bond donors (Lipinski definition) is 1. The minimum Gasteiger partial charge on any atom is -0.497 e. The van der Waals surface area contributed by atoms with Crippen molar-refractivity contribution in [2.75, 3.05) is 12.9 Å². The quantitative estimate of drug-likeness (QED) is 0.256. The lowest BCUT2D eigenvalue weighted by molar-refractivity contribution is -0.130. The molecule has 1 aliphatic heterocycles. The number of methoxy groups -OCH3 is 1. The Labute approximate surface area is 248 Å². The normalized spacial score (nSPS) is 14.6. The molecule has 1 aromatic heterocycles. The number of hydrogen-bond acceptors (Lipinski definition) is 7. The minimum atomic E-state index is -0.599. The number of thioether (sulfide) groups is 1. The van der Waals surface area contributed by atoms with Crippen LogP contribution in [0.5, 0.6) is 5.75 Å². The maximum Gasteiger partial charge on any atom is 0.254 e. The van der Waals surface area contributed by atoms with Crippen molar-refractivity contribution >= 4 is 45.2 Å². The maximum absolute atomic E-state index is 13.9. The van der Waals surface area contributed by atoms with Gasteiger partial charge in [-0.05, 0) is 47.5 Å². The van der Waals surface area contributed by atoms with Gasteiger partial charge in [0.15, 0.2) is 11.0 Å². The Morgan fingerprint density at radius 3 is 2.51 bits per heavy atom. The summed E-state index contributed by atoms with van der Waals surface area (Å²) in [5, 5.41) is 17.7. The summed E-state index contributed by atoms with van der Waals surface area (Å²) in [5.74, 6) is -0.0422. The third-order valence-electron chi connectivity index (χ3n) is 6.62. The Kier molecular flexibility index (Phi) is 8.79. The topological polar surface area (TPSA) is 102 Å². The van der Waals surface area contributed by atoms with E-state index in [0.29, 0.717) is 17.4 Å². The first-order valence-electron chi connectivity index (χ1n) is 12.7. The van der Waals surface area contributed by atoms with Gasteiger partial charge in [-0.15, -0.1) is 10.2 Å². The lowest BCUT2D eigenvalue weighted by atomic mass is 9.98. The molecule has 2 amide bonds. The van der Waals surface area contributed by atoms with Gasteiger partial charge in [0.25, 0.3) is 11.8 Å². The van der Waals surface area contributed by atoms with Crippen molar-refractivity contribution in [1.29, 1.82) is 0 Å². The highest BCUT2D eigenvalue weighted by atomic mass is 79.9. The number of ether oxygens (including phenoxy) is 1. The Morgan fingerprint density at radius 2 is 1.80 bits per heavy atom. The number of nitrogens with one attached hydrogen (secondary N) is 1. The monoisotopic (exact) mass is 636 g/mol. The molecule has 0 aliphatic carbocycles. The molecule has 0 saturated heterocycles. The zero-order valence-electron chi connectivity index (χ0n) is 22.3. The average Bonchev–Trinajstić information content (AvgIpc) is 3.59. The summed E-state index contributed by atoms with van der Waals surface area (Å²) in [7, 11) is 3.36. The molecule has 1 atom stereocenters. The number of aromatic nitrogens is 3. The molecule has 0 bridgehead atoms. The minimum absolute atomic E-state index is 0.0463.